The van der Waals surface area contributed by atoms with Gasteiger partial charge in [0.2, 0.25) is 0 Å². The molecule has 0 saturated heterocycles. The first kappa shape index (κ1) is 16.6. The van der Waals surface area contributed by atoms with E-state index in [1.54, 1.807) is 12.1 Å². The van der Waals surface area contributed by atoms with Crippen LogP contribution in [0.25, 0.3) is 11.1 Å². The lowest BCUT2D eigenvalue weighted by Crippen LogP contribution is -2.04. The predicted molar refractivity (Wildman–Crippen MR) is 84.8 cm³/mol. The molecular formula is C19H21F3. The van der Waals surface area contributed by atoms with Crippen molar-refractivity contribution in [1.29, 1.82) is 0 Å². The van der Waals surface area contributed by atoms with E-state index in [0.717, 1.165) is 29.7 Å². The predicted octanol–water partition coefficient (Wildman–Crippen LogP) is 6.67. The molecule has 0 N–H and O–H groups in total. The van der Waals surface area contributed by atoms with Crippen molar-refractivity contribution in [1.82, 2.24) is 0 Å². The van der Waals surface area contributed by atoms with E-state index >= 15 is 0 Å². The van der Waals surface area contributed by atoms with Gasteiger partial charge in [0, 0.05) is 0 Å². The second-order valence-corrected chi connectivity index (χ2v) is 5.74. The highest BCUT2D eigenvalue weighted by Crippen LogP contribution is 2.32. The van der Waals surface area contributed by atoms with Gasteiger partial charge in [-0.05, 0) is 41.2 Å². The van der Waals surface area contributed by atoms with Crippen molar-refractivity contribution in [2.45, 2.75) is 45.2 Å². The van der Waals surface area contributed by atoms with Crippen LogP contribution < -0.4 is 0 Å². The Kier molecular flexibility index (Phi) is 5.28. The van der Waals surface area contributed by atoms with Gasteiger partial charge in [-0.15, -0.1) is 0 Å². The smallest absolute Gasteiger partial charge is 0.166 e. The molecule has 0 heterocycles. The molecule has 0 spiro atoms. The Morgan fingerprint density at radius 1 is 0.955 bits per heavy atom. The van der Waals surface area contributed by atoms with E-state index in [2.05, 4.69) is 26.0 Å². The maximum absolute atomic E-state index is 12.6. The zero-order chi connectivity index (χ0) is 16.2. The topological polar surface area (TPSA) is 0 Å². The van der Waals surface area contributed by atoms with Crippen LogP contribution >= 0.6 is 0 Å². The summed E-state index contributed by atoms with van der Waals surface area (Å²) < 4.78 is 37.8. The van der Waals surface area contributed by atoms with Crippen molar-refractivity contribution < 1.29 is 13.2 Å². The first-order valence-electron chi connectivity index (χ1n) is 7.69. The van der Waals surface area contributed by atoms with Crippen molar-refractivity contribution in [3.8, 4) is 11.1 Å². The third-order valence-corrected chi connectivity index (χ3v) is 3.99. The molecule has 0 aliphatic rings. The molecule has 0 saturated carbocycles. The third kappa shape index (κ3) is 4.12. The number of halogens is 3. The Balaban J connectivity index is 2.22. The minimum Gasteiger partial charge on any atom is -0.166 e. The van der Waals surface area contributed by atoms with Crippen molar-refractivity contribution in [3.05, 3.63) is 59.7 Å². The summed E-state index contributed by atoms with van der Waals surface area (Å²) in [7, 11) is 0. The molecule has 1 atom stereocenters. The Labute approximate surface area is 130 Å². The summed E-state index contributed by atoms with van der Waals surface area (Å²) in [6.45, 7) is 4.37. The van der Waals surface area contributed by atoms with E-state index < -0.39 is 11.7 Å². The zero-order valence-corrected chi connectivity index (χ0v) is 13.0. The van der Waals surface area contributed by atoms with E-state index in [-0.39, 0.29) is 0 Å². The second-order valence-electron chi connectivity index (χ2n) is 5.74. The van der Waals surface area contributed by atoms with Gasteiger partial charge >= 0.3 is 6.18 Å². The van der Waals surface area contributed by atoms with Crippen LogP contribution in [-0.4, -0.2) is 0 Å². The van der Waals surface area contributed by atoms with Crippen LogP contribution in [0, 0.1) is 0 Å². The molecule has 0 radical (unpaired) electrons. The summed E-state index contributed by atoms with van der Waals surface area (Å²) in [4.78, 5) is 0. The largest absolute Gasteiger partial charge is 0.416 e. The number of hydrogen-bond donors (Lipinski definition) is 0. The van der Waals surface area contributed by atoms with Crippen LogP contribution in [0.3, 0.4) is 0 Å². The van der Waals surface area contributed by atoms with Crippen LogP contribution in [0.4, 0.5) is 13.2 Å². The van der Waals surface area contributed by atoms with Gasteiger partial charge in [0.05, 0.1) is 5.56 Å². The maximum Gasteiger partial charge on any atom is 0.416 e. The van der Waals surface area contributed by atoms with Crippen LogP contribution in [0.5, 0.6) is 0 Å². The summed E-state index contributed by atoms with van der Waals surface area (Å²) >= 11 is 0. The average Bonchev–Trinajstić information content (AvgIpc) is 2.52. The number of unbranched alkanes of at least 4 members (excludes halogenated alkanes) is 1. The van der Waals surface area contributed by atoms with Gasteiger partial charge in [-0.3, -0.25) is 0 Å². The normalized spacial score (nSPS) is 13.1. The average molecular weight is 306 g/mol. The summed E-state index contributed by atoms with van der Waals surface area (Å²) in [6.07, 6.45) is -0.795. The molecular weight excluding hydrogens is 285 g/mol. The molecule has 1 unspecified atom stereocenters. The molecule has 0 aliphatic heterocycles. The van der Waals surface area contributed by atoms with Gasteiger partial charge in [-0.2, -0.15) is 13.2 Å². The maximum atomic E-state index is 12.6. The summed E-state index contributed by atoms with van der Waals surface area (Å²) in [6, 6.07) is 13.5. The fraction of sp³-hybridized carbons (Fsp3) is 0.368. The van der Waals surface area contributed by atoms with Gasteiger partial charge in [-0.1, -0.05) is 63.1 Å². The molecule has 0 fully saturated rings. The molecule has 2 rings (SSSR count). The molecule has 22 heavy (non-hydrogen) atoms. The third-order valence-electron chi connectivity index (χ3n) is 3.99. The quantitative estimate of drug-likeness (QED) is 0.579. The minimum atomic E-state index is -4.28. The molecule has 118 valence electrons. The van der Waals surface area contributed by atoms with Crippen molar-refractivity contribution >= 4 is 0 Å². The first-order valence-corrected chi connectivity index (χ1v) is 7.69. The minimum absolute atomic E-state index is 0.467. The van der Waals surface area contributed by atoms with E-state index in [0.29, 0.717) is 5.92 Å². The first-order chi connectivity index (χ1) is 10.4. The molecule has 2 aromatic carbocycles. The molecule has 2 aromatic rings. The molecule has 0 amide bonds. The Morgan fingerprint density at radius 2 is 1.64 bits per heavy atom. The van der Waals surface area contributed by atoms with E-state index in [1.165, 1.54) is 18.4 Å². The number of rotatable bonds is 5. The zero-order valence-electron chi connectivity index (χ0n) is 13.0. The number of alkyl halides is 3. The molecule has 0 aromatic heterocycles. The summed E-state index contributed by atoms with van der Waals surface area (Å²) in [5.74, 6) is 0.467. The van der Waals surface area contributed by atoms with Gasteiger partial charge in [0.15, 0.2) is 0 Å². The Hall–Kier alpha value is -1.77. The lowest BCUT2D eigenvalue weighted by molar-refractivity contribution is -0.137. The lowest BCUT2D eigenvalue weighted by Gasteiger charge is -2.13. The van der Waals surface area contributed by atoms with Crippen LogP contribution in [0.15, 0.2) is 48.5 Å². The van der Waals surface area contributed by atoms with Crippen LogP contribution in [-0.2, 0) is 6.18 Å². The summed E-state index contributed by atoms with van der Waals surface area (Å²) in [5, 5.41) is 0. The van der Waals surface area contributed by atoms with Gasteiger partial charge in [0.1, 0.15) is 0 Å². The molecule has 0 aliphatic carbocycles. The Morgan fingerprint density at radius 3 is 2.23 bits per heavy atom. The molecule has 0 bridgehead atoms. The summed E-state index contributed by atoms with van der Waals surface area (Å²) in [5.41, 5.74) is 2.42. The van der Waals surface area contributed by atoms with Crippen molar-refractivity contribution in [2.24, 2.45) is 0 Å². The number of hydrogen-bond acceptors (Lipinski definition) is 0. The van der Waals surface area contributed by atoms with E-state index in [1.807, 2.05) is 12.1 Å². The number of benzene rings is 2. The van der Waals surface area contributed by atoms with Gasteiger partial charge in [0.25, 0.3) is 0 Å². The van der Waals surface area contributed by atoms with Gasteiger partial charge < -0.3 is 0 Å². The van der Waals surface area contributed by atoms with Crippen molar-refractivity contribution in [2.75, 3.05) is 0 Å². The highest BCUT2D eigenvalue weighted by molar-refractivity contribution is 5.64. The fourth-order valence-electron chi connectivity index (χ4n) is 2.55. The standard InChI is InChI=1S/C19H21F3/c1-3-4-6-14(2)16-7-5-8-17(13-16)15-9-11-18(12-10-15)19(20,21)22/h5,7-14H,3-4,6H2,1-2H3. The van der Waals surface area contributed by atoms with Crippen LogP contribution in [0.1, 0.15) is 50.2 Å². The second kappa shape index (κ2) is 6.99. The highest BCUT2D eigenvalue weighted by Gasteiger charge is 2.29. The SMILES string of the molecule is CCCCC(C)c1cccc(-c2ccc(C(F)(F)F)cc2)c1. The highest BCUT2D eigenvalue weighted by atomic mass is 19.4. The Bertz CT molecular complexity index is 597. The fourth-order valence-corrected chi connectivity index (χ4v) is 2.55. The molecule has 3 heteroatoms. The van der Waals surface area contributed by atoms with E-state index in [9.17, 15) is 13.2 Å². The van der Waals surface area contributed by atoms with Gasteiger partial charge in [-0.25, -0.2) is 0 Å². The molecule has 0 nitrogen and oxygen atoms in total. The van der Waals surface area contributed by atoms with Crippen LogP contribution in [0.2, 0.25) is 0 Å². The van der Waals surface area contributed by atoms with Crippen molar-refractivity contribution in [3.63, 3.8) is 0 Å². The monoisotopic (exact) mass is 306 g/mol. The van der Waals surface area contributed by atoms with E-state index in [4.69, 9.17) is 0 Å². The lowest BCUT2D eigenvalue weighted by atomic mass is 9.92.